The Kier molecular flexibility index (Phi) is 6.08. The molecule has 1 amide bonds. The fourth-order valence-electron chi connectivity index (χ4n) is 3.05. The zero-order chi connectivity index (χ0) is 19.2. The summed E-state index contributed by atoms with van der Waals surface area (Å²) in [5.74, 6) is 1.67. The van der Waals surface area contributed by atoms with Gasteiger partial charge in [0.15, 0.2) is 11.5 Å². The van der Waals surface area contributed by atoms with Crippen molar-refractivity contribution >= 4 is 11.9 Å². The van der Waals surface area contributed by atoms with Crippen LogP contribution in [-0.4, -0.2) is 61.8 Å². The number of ether oxygens (including phenoxy) is 3. The number of carbonyl (C=O) groups is 1. The van der Waals surface area contributed by atoms with Crippen LogP contribution >= 0.6 is 0 Å². The van der Waals surface area contributed by atoms with Crippen molar-refractivity contribution in [1.29, 1.82) is 0 Å². The molecular formula is C19H24N4O4. The lowest BCUT2D eigenvalue weighted by atomic mass is 9.98. The number of nitrogens with zero attached hydrogens (tertiary/aromatic N) is 3. The number of nitrogens with one attached hydrogen (secondary N) is 1. The Morgan fingerprint density at radius 3 is 2.63 bits per heavy atom. The summed E-state index contributed by atoms with van der Waals surface area (Å²) in [6.45, 7) is 2.24. The molecule has 1 aromatic carbocycles. The minimum Gasteiger partial charge on any atom is -0.493 e. The molecule has 0 atom stereocenters. The smallest absolute Gasteiger partial charge is 0.272 e. The number of anilines is 1. The highest BCUT2D eigenvalue weighted by Crippen LogP contribution is 2.33. The van der Waals surface area contributed by atoms with E-state index in [4.69, 9.17) is 14.2 Å². The second-order valence-electron chi connectivity index (χ2n) is 6.14. The molecule has 8 heteroatoms. The van der Waals surface area contributed by atoms with E-state index >= 15 is 0 Å². The largest absolute Gasteiger partial charge is 0.493 e. The minimum atomic E-state index is -0.118. The highest BCUT2D eigenvalue weighted by atomic mass is 16.5. The molecule has 144 valence electrons. The van der Waals surface area contributed by atoms with Crippen LogP contribution in [0.25, 0.3) is 0 Å². The Labute approximate surface area is 158 Å². The topological polar surface area (TPSA) is 85.8 Å². The summed E-state index contributed by atoms with van der Waals surface area (Å²) in [6, 6.07) is 5.55. The SMILES string of the molecule is COCCNc1nccc(C(=O)N2CCc3cc(OC)c(OC)cc3C2)n1. The molecule has 0 fully saturated rings. The van der Waals surface area contributed by atoms with E-state index in [9.17, 15) is 4.79 Å². The molecule has 0 bridgehead atoms. The summed E-state index contributed by atoms with van der Waals surface area (Å²) in [5.41, 5.74) is 2.59. The number of amides is 1. The van der Waals surface area contributed by atoms with Crippen molar-refractivity contribution in [3.05, 3.63) is 41.2 Å². The first kappa shape index (κ1) is 18.9. The van der Waals surface area contributed by atoms with Gasteiger partial charge in [0.05, 0.1) is 20.8 Å². The van der Waals surface area contributed by atoms with Crippen LogP contribution < -0.4 is 14.8 Å². The average molecular weight is 372 g/mol. The Morgan fingerprint density at radius 2 is 1.93 bits per heavy atom. The van der Waals surface area contributed by atoms with Crippen molar-refractivity contribution in [2.45, 2.75) is 13.0 Å². The molecule has 1 aliphatic heterocycles. The number of hydrogen-bond donors (Lipinski definition) is 1. The van der Waals surface area contributed by atoms with Crippen LogP contribution in [0.2, 0.25) is 0 Å². The fraction of sp³-hybridized carbons (Fsp3) is 0.421. The summed E-state index contributed by atoms with van der Waals surface area (Å²) in [6.07, 6.45) is 2.34. The molecule has 1 aliphatic rings. The standard InChI is InChI=1S/C19H24N4O4/c1-25-9-7-21-19-20-6-4-15(22-19)18(24)23-8-5-13-10-16(26-2)17(27-3)11-14(13)12-23/h4,6,10-11H,5,7-9,12H2,1-3H3,(H,20,21,22). The number of benzene rings is 1. The first-order valence-corrected chi connectivity index (χ1v) is 8.75. The van der Waals surface area contributed by atoms with Crippen molar-refractivity contribution in [3.8, 4) is 11.5 Å². The molecule has 1 N–H and O–H groups in total. The van der Waals surface area contributed by atoms with Crippen LogP contribution in [0.1, 0.15) is 21.6 Å². The van der Waals surface area contributed by atoms with Crippen molar-refractivity contribution in [1.82, 2.24) is 14.9 Å². The number of rotatable bonds is 7. The van der Waals surface area contributed by atoms with Gasteiger partial charge in [-0.2, -0.15) is 0 Å². The van der Waals surface area contributed by atoms with Gasteiger partial charge in [-0.05, 0) is 35.7 Å². The van der Waals surface area contributed by atoms with Crippen molar-refractivity contribution in [2.75, 3.05) is 46.3 Å². The molecule has 0 spiro atoms. The molecule has 0 unspecified atom stereocenters. The molecule has 0 saturated heterocycles. The van der Waals surface area contributed by atoms with Crippen molar-refractivity contribution in [2.24, 2.45) is 0 Å². The maximum Gasteiger partial charge on any atom is 0.272 e. The van der Waals surface area contributed by atoms with Gasteiger partial charge in [0.25, 0.3) is 5.91 Å². The van der Waals surface area contributed by atoms with Gasteiger partial charge in [0.2, 0.25) is 5.95 Å². The zero-order valence-electron chi connectivity index (χ0n) is 15.8. The van der Waals surface area contributed by atoms with Crippen molar-refractivity contribution < 1.29 is 19.0 Å². The summed E-state index contributed by atoms with van der Waals surface area (Å²) in [5, 5.41) is 3.04. The van der Waals surface area contributed by atoms with Gasteiger partial charge >= 0.3 is 0 Å². The normalized spacial score (nSPS) is 13.1. The third-order valence-corrected chi connectivity index (χ3v) is 4.47. The predicted molar refractivity (Wildman–Crippen MR) is 100 cm³/mol. The third kappa shape index (κ3) is 4.28. The molecule has 0 saturated carbocycles. The van der Waals surface area contributed by atoms with E-state index in [0.29, 0.717) is 49.4 Å². The summed E-state index contributed by atoms with van der Waals surface area (Å²) in [7, 11) is 4.85. The molecule has 0 radical (unpaired) electrons. The van der Waals surface area contributed by atoms with E-state index in [-0.39, 0.29) is 5.91 Å². The molecule has 0 aliphatic carbocycles. The van der Waals surface area contributed by atoms with Crippen LogP contribution in [0.15, 0.2) is 24.4 Å². The predicted octanol–water partition coefficient (Wildman–Crippen LogP) is 1.75. The van der Waals surface area contributed by atoms with Gasteiger partial charge in [0, 0.05) is 32.9 Å². The van der Waals surface area contributed by atoms with E-state index in [1.54, 1.807) is 38.5 Å². The van der Waals surface area contributed by atoms with Gasteiger partial charge in [-0.1, -0.05) is 0 Å². The highest BCUT2D eigenvalue weighted by molar-refractivity contribution is 5.92. The lowest BCUT2D eigenvalue weighted by Crippen LogP contribution is -2.36. The first-order chi connectivity index (χ1) is 13.2. The third-order valence-electron chi connectivity index (χ3n) is 4.47. The molecular weight excluding hydrogens is 348 g/mol. The molecule has 1 aromatic heterocycles. The number of fused-ring (bicyclic) bond motifs is 1. The minimum absolute atomic E-state index is 0.118. The maximum absolute atomic E-state index is 12.9. The van der Waals surface area contributed by atoms with E-state index in [1.165, 1.54) is 5.56 Å². The van der Waals surface area contributed by atoms with Gasteiger partial charge in [-0.3, -0.25) is 4.79 Å². The monoisotopic (exact) mass is 372 g/mol. The first-order valence-electron chi connectivity index (χ1n) is 8.75. The Hall–Kier alpha value is -2.87. The molecule has 27 heavy (non-hydrogen) atoms. The van der Waals surface area contributed by atoms with Crippen LogP contribution in [0.3, 0.4) is 0 Å². The number of hydrogen-bond acceptors (Lipinski definition) is 7. The quantitative estimate of drug-likeness (QED) is 0.741. The average Bonchev–Trinajstić information content (AvgIpc) is 2.72. The molecule has 8 nitrogen and oxygen atoms in total. The van der Waals surface area contributed by atoms with E-state index < -0.39 is 0 Å². The van der Waals surface area contributed by atoms with Gasteiger partial charge in [-0.25, -0.2) is 9.97 Å². The lowest BCUT2D eigenvalue weighted by Gasteiger charge is -2.29. The highest BCUT2D eigenvalue weighted by Gasteiger charge is 2.24. The second kappa shape index (κ2) is 8.68. The van der Waals surface area contributed by atoms with Crippen molar-refractivity contribution in [3.63, 3.8) is 0 Å². The Morgan fingerprint density at radius 1 is 1.19 bits per heavy atom. The number of methoxy groups -OCH3 is 3. The fourth-order valence-corrected chi connectivity index (χ4v) is 3.05. The number of aromatic nitrogens is 2. The maximum atomic E-state index is 12.9. The zero-order valence-corrected chi connectivity index (χ0v) is 15.8. The Bertz CT molecular complexity index is 812. The molecule has 3 rings (SSSR count). The number of carbonyl (C=O) groups excluding carboxylic acids is 1. The van der Waals surface area contributed by atoms with Gasteiger partial charge in [-0.15, -0.1) is 0 Å². The van der Waals surface area contributed by atoms with Crippen LogP contribution in [0.5, 0.6) is 11.5 Å². The van der Waals surface area contributed by atoms with Crippen LogP contribution in [0.4, 0.5) is 5.95 Å². The van der Waals surface area contributed by atoms with Gasteiger partial charge in [0.1, 0.15) is 5.69 Å². The van der Waals surface area contributed by atoms with E-state index in [1.807, 2.05) is 12.1 Å². The van der Waals surface area contributed by atoms with Crippen LogP contribution in [0, 0.1) is 0 Å². The molecule has 2 heterocycles. The Balaban J connectivity index is 1.75. The lowest BCUT2D eigenvalue weighted by molar-refractivity contribution is 0.0728. The van der Waals surface area contributed by atoms with E-state index in [2.05, 4.69) is 15.3 Å². The summed E-state index contributed by atoms with van der Waals surface area (Å²) in [4.78, 5) is 23.1. The second-order valence-corrected chi connectivity index (χ2v) is 6.14. The molecule has 2 aromatic rings. The van der Waals surface area contributed by atoms with Crippen LogP contribution in [-0.2, 0) is 17.7 Å². The van der Waals surface area contributed by atoms with E-state index in [0.717, 1.165) is 12.0 Å². The van der Waals surface area contributed by atoms with Gasteiger partial charge < -0.3 is 24.4 Å². The summed E-state index contributed by atoms with van der Waals surface area (Å²) < 4.78 is 15.7. The summed E-state index contributed by atoms with van der Waals surface area (Å²) >= 11 is 0.